The zero-order valence-electron chi connectivity index (χ0n) is 11.6. The number of amides is 1. The number of aromatic nitrogens is 1. The van der Waals surface area contributed by atoms with Crippen molar-refractivity contribution < 1.29 is 9.53 Å². The van der Waals surface area contributed by atoms with Crippen molar-refractivity contribution in [3.63, 3.8) is 0 Å². The molecule has 1 amide bonds. The summed E-state index contributed by atoms with van der Waals surface area (Å²) in [6.45, 7) is 7.07. The number of hydrogen-bond donors (Lipinski definition) is 1. The fraction of sp³-hybridized carbons (Fsp3) is 0.571. The average Bonchev–Trinajstić information content (AvgIpc) is 2.41. The van der Waals surface area contributed by atoms with Crippen molar-refractivity contribution in [2.24, 2.45) is 0 Å². The van der Waals surface area contributed by atoms with Crippen LogP contribution in [0.3, 0.4) is 0 Å². The number of rotatable bonds is 6. The smallest absolute Gasteiger partial charge is 0.248 e. The molecular formula is C14H21N3O2. The fourth-order valence-corrected chi connectivity index (χ4v) is 1.99. The SMILES string of the molecule is CCN(Cc1ccncc1)C(=O)COC1(C)CNC1. The highest BCUT2D eigenvalue weighted by Crippen LogP contribution is 2.15. The van der Waals surface area contributed by atoms with Crippen LogP contribution in [0, 0.1) is 0 Å². The van der Waals surface area contributed by atoms with Gasteiger partial charge in [0.15, 0.2) is 0 Å². The van der Waals surface area contributed by atoms with Crippen LogP contribution in [-0.4, -0.2) is 47.6 Å². The Hall–Kier alpha value is -1.46. The molecule has 1 N–H and O–H groups in total. The highest BCUT2D eigenvalue weighted by atomic mass is 16.5. The normalized spacial score (nSPS) is 16.7. The van der Waals surface area contributed by atoms with E-state index in [1.54, 1.807) is 17.3 Å². The lowest BCUT2D eigenvalue weighted by atomic mass is 10.0. The largest absolute Gasteiger partial charge is 0.363 e. The fourth-order valence-electron chi connectivity index (χ4n) is 1.99. The van der Waals surface area contributed by atoms with Gasteiger partial charge < -0.3 is 15.0 Å². The van der Waals surface area contributed by atoms with Gasteiger partial charge in [0.25, 0.3) is 0 Å². The third-order valence-corrected chi connectivity index (χ3v) is 3.40. The third-order valence-electron chi connectivity index (χ3n) is 3.40. The number of likely N-dealkylation sites (N-methyl/N-ethyl adjacent to an activating group) is 1. The molecule has 1 aromatic heterocycles. The van der Waals surface area contributed by atoms with Crippen LogP contribution in [0.5, 0.6) is 0 Å². The van der Waals surface area contributed by atoms with Crippen molar-refractivity contribution in [3.8, 4) is 0 Å². The molecule has 5 nitrogen and oxygen atoms in total. The molecule has 1 aliphatic heterocycles. The molecule has 1 aliphatic rings. The van der Waals surface area contributed by atoms with Crippen LogP contribution in [0.4, 0.5) is 0 Å². The van der Waals surface area contributed by atoms with Gasteiger partial charge >= 0.3 is 0 Å². The van der Waals surface area contributed by atoms with Crippen molar-refractivity contribution in [1.82, 2.24) is 15.2 Å². The Morgan fingerprint density at radius 1 is 1.47 bits per heavy atom. The maximum absolute atomic E-state index is 12.1. The molecule has 19 heavy (non-hydrogen) atoms. The number of nitrogens with one attached hydrogen (secondary N) is 1. The van der Waals surface area contributed by atoms with E-state index in [0.29, 0.717) is 13.1 Å². The second kappa shape index (κ2) is 6.12. The van der Waals surface area contributed by atoms with E-state index >= 15 is 0 Å². The van der Waals surface area contributed by atoms with Gasteiger partial charge in [0, 0.05) is 38.6 Å². The zero-order chi connectivity index (χ0) is 13.7. The number of ether oxygens (including phenoxy) is 1. The number of pyridine rings is 1. The quantitative estimate of drug-likeness (QED) is 0.825. The van der Waals surface area contributed by atoms with Gasteiger partial charge in [-0.1, -0.05) is 0 Å². The first-order chi connectivity index (χ1) is 9.13. The molecule has 0 radical (unpaired) electrons. The summed E-state index contributed by atoms with van der Waals surface area (Å²) in [5, 5.41) is 3.15. The minimum atomic E-state index is -0.175. The van der Waals surface area contributed by atoms with Gasteiger partial charge in [-0.15, -0.1) is 0 Å². The molecule has 0 atom stereocenters. The first-order valence-electron chi connectivity index (χ1n) is 6.64. The van der Waals surface area contributed by atoms with E-state index in [4.69, 9.17) is 4.74 Å². The summed E-state index contributed by atoms with van der Waals surface area (Å²) in [5.41, 5.74) is 0.910. The molecule has 0 bridgehead atoms. The maximum atomic E-state index is 12.1. The van der Waals surface area contributed by atoms with Crippen LogP contribution in [0.15, 0.2) is 24.5 Å². The Morgan fingerprint density at radius 2 is 2.16 bits per heavy atom. The van der Waals surface area contributed by atoms with Gasteiger partial charge in [-0.25, -0.2) is 0 Å². The van der Waals surface area contributed by atoms with Crippen molar-refractivity contribution >= 4 is 5.91 Å². The number of nitrogens with zero attached hydrogens (tertiary/aromatic N) is 2. The molecule has 1 aromatic rings. The molecule has 0 unspecified atom stereocenters. The lowest BCUT2D eigenvalue weighted by molar-refractivity contribution is -0.146. The van der Waals surface area contributed by atoms with E-state index < -0.39 is 0 Å². The minimum absolute atomic E-state index is 0.0347. The Kier molecular flexibility index (Phi) is 4.50. The van der Waals surface area contributed by atoms with Gasteiger partial charge in [-0.05, 0) is 31.5 Å². The van der Waals surface area contributed by atoms with Crippen LogP contribution < -0.4 is 5.32 Å². The Bertz CT molecular complexity index is 418. The van der Waals surface area contributed by atoms with Gasteiger partial charge in [-0.2, -0.15) is 0 Å². The van der Waals surface area contributed by atoms with Crippen LogP contribution in [0.2, 0.25) is 0 Å². The summed E-state index contributed by atoms with van der Waals surface area (Å²) in [6.07, 6.45) is 3.48. The molecule has 1 saturated heterocycles. The van der Waals surface area contributed by atoms with E-state index in [2.05, 4.69) is 10.3 Å². The first-order valence-corrected chi connectivity index (χ1v) is 6.64. The summed E-state index contributed by atoms with van der Waals surface area (Å²) in [4.78, 5) is 17.9. The summed E-state index contributed by atoms with van der Waals surface area (Å²) in [6, 6.07) is 3.85. The first kappa shape index (κ1) is 14.0. The zero-order valence-corrected chi connectivity index (χ0v) is 11.6. The molecule has 2 rings (SSSR count). The van der Waals surface area contributed by atoms with Crippen LogP contribution in [0.1, 0.15) is 19.4 Å². The topological polar surface area (TPSA) is 54.5 Å². The molecule has 0 saturated carbocycles. The van der Waals surface area contributed by atoms with Crippen molar-refractivity contribution in [1.29, 1.82) is 0 Å². The number of carbonyl (C=O) groups excluding carboxylic acids is 1. The maximum Gasteiger partial charge on any atom is 0.248 e. The van der Waals surface area contributed by atoms with E-state index in [1.165, 1.54) is 0 Å². The summed E-state index contributed by atoms with van der Waals surface area (Å²) in [5.74, 6) is 0.0347. The molecule has 5 heteroatoms. The van der Waals surface area contributed by atoms with Gasteiger partial charge in [0.1, 0.15) is 6.61 Å². The van der Waals surface area contributed by atoms with E-state index in [0.717, 1.165) is 18.7 Å². The van der Waals surface area contributed by atoms with E-state index in [1.807, 2.05) is 26.0 Å². The molecule has 1 fully saturated rings. The molecule has 0 aromatic carbocycles. The molecule has 0 aliphatic carbocycles. The lowest BCUT2D eigenvalue weighted by Crippen LogP contribution is -2.59. The lowest BCUT2D eigenvalue weighted by Gasteiger charge is -2.39. The number of carbonyl (C=O) groups is 1. The van der Waals surface area contributed by atoms with Gasteiger partial charge in [-0.3, -0.25) is 9.78 Å². The number of hydrogen-bond acceptors (Lipinski definition) is 4. The minimum Gasteiger partial charge on any atom is -0.363 e. The molecular weight excluding hydrogens is 242 g/mol. The Morgan fingerprint density at radius 3 is 2.68 bits per heavy atom. The highest BCUT2D eigenvalue weighted by molar-refractivity contribution is 5.77. The van der Waals surface area contributed by atoms with E-state index in [-0.39, 0.29) is 18.1 Å². The monoisotopic (exact) mass is 263 g/mol. The van der Waals surface area contributed by atoms with E-state index in [9.17, 15) is 4.79 Å². The predicted octanol–water partition coefficient (Wildman–Crippen LogP) is 0.809. The van der Waals surface area contributed by atoms with Gasteiger partial charge in [0.05, 0.1) is 5.60 Å². The summed E-state index contributed by atoms with van der Waals surface area (Å²) < 4.78 is 5.68. The van der Waals surface area contributed by atoms with Crippen LogP contribution in [0.25, 0.3) is 0 Å². The second-order valence-corrected chi connectivity index (χ2v) is 5.11. The van der Waals surface area contributed by atoms with Crippen LogP contribution in [-0.2, 0) is 16.1 Å². The average molecular weight is 263 g/mol. The standard InChI is InChI=1S/C14H21N3O2/c1-3-17(8-12-4-6-15-7-5-12)13(18)9-19-14(2)10-16-11-14/h4-7,16H,3,8-11H2,1-2H3. The second-order valence-electron chi connectivity index (χ2n) is 5.11. The van der Waals surface area contributed by atoms with Crippen LogP contribution >= 0.6 is 0 Å². The summed E-state index contributed by atoms with van der Waals surface area (Å²) in [7, 11) is 0. The highest BCUT2D eigenvalue weighted by Gasteiger charge is 2.33. The van der Waals surface area contributed by atoms with Crippen molar-refractivity contribution in [3.05, 3.63) is 30.1 Å². The molecule has 0 spiro atoms. The summed E-state index contributed by atoms with van der Waals surface area (Å²) >= 11 is 0. The third kappa shape index (κ3) is 3.75. The van der Waals surface area contributed by atoms with Gasteiger partial charge in [0.2, 0.25) is 5.91 Å². The van der Waals surface area contributed by atoms with Crippen molar-refractivity contribution in [2.75, 3.05) is 26.2 Å². The molecule has 2 heterocycles. The predicted molar refractivity (Wildman–Crippen MR) is 72.6 cm³/mol. The Labute approximate surface area is 114 Å². The van der Waals surface area contributed by atoms with Crippen molar-refractivity contribution in [2.45, 2.75) is 26.0 Å². The Balaban J connectivity index is 1.84. The molecule has 104 valence electrons.